The van der Waals surface area contributed by atoms with Crippen molar-refractivity contribution in [3.05, 3.63) is 28.8 Å². The summed E-state index contributed by atoms with van der Waals surface area (Å²) in [5.41, 5.74) is 2.61. The maximum Gasteiger partial charge on any atom is 0.248 e. The quantitative estimate of drug-likeness (QED) is 0.588. The number of benzene rings is 1. The Morgan fingerprint density at radius 1 is 1.09 bits per heavy atom. The van der Waals surface area contributed by atoms with Gasteiger partial charge in [0.15, 0.2) is 0 Å². The molecule has 0 unspecified atom stereocenters. The van der Waals surface area contributed by atoms with E-state index in [2.05, 4.69) is 10.2 Å². The first kappa shape index (κ1) is 25.1. The van der Waals surface area contributed by atoms with Crippen molar-refractivity contribution in [3.8, 4) is 0 Å². The van der Waals surface area contributed by atoms with E-state index in [1.807, 2.05) is 44.9 Å². The molecule has 180 valence electrons. The number of amides is 1. The van der Waals surface area contributed by atoms with Crippen LogP contribution in [-0.2, 0) is 19.6 Å². The number of nitrogens with zero attached hydrogens (tertiary/aromatic N) is 3. The second-order valence-electron chi connectivity index (χ2n) is 8.98. The molecule has 9 heteroatoms. The standard InChI is InChI=1S/C23H38N4O4S/c1-18-14-19(2)23(20(3)15-18)32(29,30)27-8-5-6-21(27)16-31-17-22(28)26-12-10-25(11-13-26)9-7-24-4/h14-15,21,24H,5-13,16-17H2,1-4H3/t21-/m0/s1. The van der Waals surface area contributed by atoms with E-state index in [-0.39, 0.29) is 25.2 Å². The summed E-state index contributed by atoms with van der Waals surface area (Å²) in [4.78, 5) is 17.1. The fraction of sp³-hybridized carbons (Fsp3) is 0.696. The molecule has 1 aromatic carbocycles. The lowest BCUT2D eigenvalue weighted by molar-refractivity contribution is -0.138. The molecule has 2 heterocycles. The Kier molecular flexibility index (Phi) is 8.68. The first-order valence-electron chi connectivity index (χ1n) is 11.6. The molecule has 0 saturated carbocycles. The first-order chi connectivity index (χ1) is 15.2. The van der Waals surface area contributed by atoms with E-state index in [9.17, 15) is 13.2 Å². The number of piperazine rings is 1. The molecule has 1 amide bonds. The highest BCUT2D eigenvalue weighted by Gasteiger charge is 2.37. The number of aryl methyl sites for hydroxylation is 3. The number of nitrogens with one attached hydrogen (secondary N) is 1. The van der Waals surface area contributed by atoms with Gasteiger partial charge in [-0.05, 0) is 51.8 Å². The van der Waals surface area contributed by atoms with Crippen molar-refractivity contribution in [1.29, 1.82) is 0 Å². The van der Waals surface area contributed by atoms with E-state index in [4.69, 9.17) is 4.74 Å². The molecule has 32 heavy (non-hydrogen) atoms. The zero-order valence-corrected chi connectivity index (χ0v) is 20.7. The number of hydrogen-bond acceptors (Lipinski definition) is 6. The van der Waals surface area contributed by atoms with Crippen LogP contribution in [0.25, 0.3) is 0 Å². The maximum atomic E-state index is 13.4. The van der Waals surface area contributed by atoms with E-state index >= 15 is 0 Å². The van der Waals surface area contributed by atoms with Gasteiger partial charge < -0.3 is 15.0 Å². The Morgan fingerprint density at radius 2 is 1.75 bits per heavy atom. The molecule has 2 aliphatic heterocycles. The monoisotopic (exact) mass is 466 g/mol. The summed E-state index contributed by atoms with van der Waals surface area (Å²) >= 11 is 0. The van der Waals surface area contributed by atoms with Crippen molar-refractivity contribution < 1.29 is 17.9 Å². The third-order valence-electron chi connectivity index (χ3n) is 6.43. The Labute approximate surface area is 192 Å². The molecule has 1 atom stereocenters. The van der Waals surface area contributed by atoms with Crippen LogP contribution in [-0.4, -0.2) is 101 Å². The fourth-order valence-corrected chi connectivity index (χ4v) is 6.94. The Hall–Kier alpha value is -1.52. The second-order valence-corrected chi connectivity index (χ2v) is 10.8. The highest BCUT2D eigenvalue weighted by atomic mass is 32.2. The zero-order valence-electron chi connectivity index (χ0n) is 19.9. The Balaban J connectivity index is 1.53. The number of rotatable bonds is 9. The lowest BCUT2D eigenvalue weighted by Crippen LogP contribution is -2.51. The van der Waals surface area contributed by atoms with Crippen LogP contribution in [0.5, 0.6) is 0 Å². The van der Waals surface area contributed by atoms with E-state index in [0.29, 0.717) is 24.5 Å². The van der Waals surface area contributed by atoms with Gasteiger partial charge in [0, 0.05) is 51.9 Å². The SMILES string of the molecule is CNCCN1CCN(C(=O)COC[C@@H]2CCCN2S(=O)(=O)c2c(C)cc(C)cc2C)CC1. The van der Waals surface area contributed by atoms with Gasteiger partial charge in [-0.3, -0.25) is 9.69 Å². The van der Waals surface area contributed by atoms with Gasteiger partial charge in [-0.1, -0.05) is 17.7 Å². The van der Waals surface area contributed by atoms with E-state index < -0.39 is 10.0 Å². The van der Waals surface area contributed by atoms with Gasteiger partial charge in [0.2, 0.25) is 15.9 Å². The average Bonchev–Trinajstić information content (AvgIpc) is 3.21. The van der Waals surface area contributed by atoms with Crippen molar-refractivity contribution in [3.63, 3.8) is 0 Å². The second kappa shape index (κ2) is 11.1. The summed E-state index contributed by atoms with van der Waals surface area (Å²) < 4.78 is 34.2. The molecular formula is C23H38N4O4S. The number of carbonyl (C=O) groups excluding carboxylic acids is 1. The van der Waals surface area contributed by atoms with Gasteiger partial charge in [0.1, 0.15) is 6.61 Å². The zero-order chi connectivity index (χ0) is 23.3. The predicted molar refractivity (Wildman–Crippen MR) is 125 cm³/mol. The fourth-order valence-electron chi connectivity index (χ4n) is 4.85. The summed E-state index contributed by atoms with van der Waals surface area (Å²) in [5.74, 6) is -0.0177. The van der Waals surface area contributed by atoms with Crippen LogP contribution >= 0.6 is 0 Å². The van der Waals surface area contributed by atoms with Crippen LogP contribution in [0, 0.1) is 20.8 Å². The topological polar surface area (TPSA) is 82.2 Å². The summed E-state index contributed by atoms with van der Waals surface area (Å²) in [5, 5.41) is 3.15. The molecule has 0 aromatic heterocycles. The molecule has 8 nitrogen and oxygen atoms in total. The number of carbonyl (C=O) groups is 1. The lowest BCUT2D eigenvalue weighted by atomic mass is 10.1. The summed E-state index contributed by atoms with van der Waals surface area (Å²) in [6.07, 6.45) is 1.56. The Bertz CT molecular complexity index is 874. The van der Waals surface area contributed by atoms with Gasteiger partial charge in [-0.2, -0.15) is 4.31 Å². The minimum absolute atomic E-state index is 0.00346. The van der Waals surface area contributed by atoms with Gasteiger partial charge in [-0.25, -0.2) is 8.42 Å². The maximum absolute atomic E-state index is 13.4. The number of sulfonamides is 1. The smallest absolute Gasteiger partial charge is 0.248 e. The van der Waals surface area contributed by atoms with Crippen LogP contribution in [0.3, 0.4) is 0 Å². The van der Waals surface area contributed by atoms with Gasteiger partial charge in [-0.15, -0.1) is 0 Å². The van der Waals surface area contributed by atoms with E-state index in [1.165, 1.54) is 0 Å². The molecular weight excluding hydrogens is 428 g/mol. The highest BCUT2D eigenvalue weighted by molar-refractivity contribution is 7.89. The molecule has 0 spiro atoms. The van der Waals surface area contributed by atoms with E-state index in [0.717, 1.165) is 55.7 Å². The molecule has 2 aliphatic rings. The number of hydrogen-bond donors (Lipinski definition) is 1. The number of likely N-dealkylation sites (N-methyl/N-ethyl adjacent to an activating group) is 1. The summed E-state index contributed by atoms with van der Waals surface area (Å²) in [6.45, 7) is 11.5. The minimum atomic E-state index is -3.60. The average molecular weight is 467 g/mol. The lowest BCUT2D eigenvalue weighted by Gasteiger charge is -2.34. The van der Waals surface area contributed by atoms with Gasteiger partial charge >= 0.3 is 0 Å². The van der Waals surface area contributed by atoms with Crippen LogP contribution < -0.4 is 5.32 Å². The number of ether oxygens (including phenoxy) is 1. The van der Waals surface area contributed by atoms with Crippen LogP contribution in [0.2, 0.25) is 0 Å². The molecule has 2 fully saturated rings. The third kappa shape index (κ3) is 5.88. The van der Waals surface area contributed by atoms with Crippen LogP contribution in [0.15, 0.2) is 17.0 Å². The van der Waals surface area contributed by atoms with Crippen molar-refractivity contribution in [2.45, 2.75) is 44.6 Å². The van der Waals surface area contributed by atoms with Crippen molar-refractivity contribution in [2.24, 2.45) is 0 Å². The highest BCUT2D eigenvalue weighted by Crippen LogP contribution is 2.30. The van der Waals surface area contributed by atoms with Crippen molar-refractivity contribution in [2.75, 3.05) is 66.1 Å². The van der Waals surface area contributed by atoms with Gasteiger partial charge in [0.05, 0.1) is 11.5 Å². The summed E-state index contributed by atoms with van der Waals surface area (Å²) in [7, 11) is -1.66. The molecule has 1 N–H and O–H groups in total. The molecule has 0 aliphatic carbocycles. The molecule has 0 bridgehead atoms. The molecule has 1 aromatic rings. The molecule has 3 rings (SSSR count). The normalized spacial score (nSPS) is 20.8. The van der Waals surface area contributed by atoms with Gasteiger partial charge in [0.25, 0.3) is 0 Å². The van der Waals surface area contributed by atoms with E-state index in [1.54, 1.807) is 4.31 Å². The largest absolute Gasteiger partial charge is 0.370 e. The Morgan fingerprint density at radius 3 is 2.38 bits per heavy atom. The van der Waals surface area contributed by atoms with Crippen molar-refractivity contribution >= 4 is 15.9 Å². The summed E-state index contributed by atoms with van der Waals surface area (Å²) in [6, 6.07) is 3.60. The van der Waals surface area contributed by atoms with Crippen LogP contribution in [0.4, 0.5) is 0 Å². The third-order valence-corrected chi connectivity index (χ3v) is 8.69. The minimum Gasteiger partial charge on any atom is -0.370 e. The molecule has 0 radical (unpaired) electrons. The molecule has 2 saturated heterocycles. The first-order valence-corrected chi connectivity index (χ1v) is 13.0. The van der Waals surface area contributed by atoms with Crippen LogP contribution in [0.1, 0.15) is 29.5 Å². The van der Waals surface area contributed by atoms with Crippen molar-refractivity contribution in [1.82, 2.24) is 19.4 Å². The predicted octanol–water partition coefficient (Wildman–Crippen LogP) is 1.15.